The molecule has 0 fully saturated rings. The summed E-state index contributed by atoms with van der Waals surface area (Å²) >= 11 is 2.79. The highest BCUT2D eigenvalue weighted by molar-refractivity contribution is 7.98. The third kappa shape index (κ3) is 4.76. The molecule has 1 amide bonds. The number of hydrogen-bond acceptors (Lipinski definition) is 5. The lowest BCUT2D eigenvalue weighted by Crippen LogP contribution is -2.18. The molecule has 0 spiro atoms. The van der Waals surface area contributed by atoms with Crippen molar-refractivity contribution >= 4 is 45.2 Å². The molecular weight excluding hydrogens is 437 g/mol. The molecule has 1 heterocycles. The van der Waals surface area contributed by atoms with Gasteiger partial charge >= 0.3 is 12.1 Å². The third-order valence-electron chi connectivity index (χ3n) is 4.26. The Morgan fingerprint density at radius 1 is 1.17 bits per heavy atom. The monoisotopic (exact) mass is 454 g/mol. The maximum atomic E-state index is 12.9. The van der Waals surface area contributed by atoms with E-state index in [-0.39, 0.29) is 5.56 Å². The number of amides is 1. The second kappa shape index (κ2) is 9.05. The number of rotatable bonds is 5. The number of aromatic nitrogens is 1. The number of halogens is 3. The first-order valence-corrected chi connectivity index (χ1v) is 10.9. The Labute approximate surface area is 178 Å². The van der Waals surface area contributed by atoms with Crippen molar-refractivity contribution in [2.45, 2.75) is 12.7 Å². The second-order valence-corrected chi connectivity index (χ2v) is 8.19. The Morgan fingerprint density at radius 3 is 2.60 bits per heavy atom. The molecule has 158 valence electrons. The third-order valence-corrected chi connectivity index (χ3v) is 5.89. The summed E-state index contributed by atoms with van der Waals surface area (Å²) in [6.45, 7) is 0.549. The molecule has 0 radical (unpaired) electrons. The molecule has 0 saturated carbocycles. The molecule has 0 atom stereocenters. The summed E-state index contributed by atoms with van der Waals surface area (Å²) in [6.07, 6.45) is -2.61. The topological polar surface area (TPSA) is 60.7 Å². The van der Waals surface area contributed by atoms with Crippen molar-refractivity contribution in [1.82, 2.24) is 4.57 Å². The Bertz CT molecular complexity index is 1170. The van der Waals surface area contributed by atoms with Crippen molar-refractivity contribution in [2.24, 2.45) is 4.99 Å². The van der Waals surface area contributed by atoms with Crippen LogP contribution in [0, 0.1) is 0 Å². The Kier molecular flexibility index (Phi) is 6.67. The number of hydrogen-bond donors (Lipinski definition) is 0. The zero-order valence-electron chi connectivity index (χ0n) is 16.0. The van der Waals surface area contributed by atoms with Crippen LogP contribution in [0.1, 0.15) is 26.3 Å². The fraction of sp³-hybridized carbons (Fsp3) is 0.250. The molecule has 3 rings (SSSR count). The van der Waals surface area contributed by atoms with Crippen LogP contribution in [0.25, 0.3) is 10.2 Å². The zero-order valence-corrected chi connectivity index (χ0v) is 17.7. The molecule has 1 aromatic heterocycles. The number of alkyl halides is 3. The van der Waals surface area contributed by atoms with E-state index in [9.17, 15) is 22.8 Å². The first kappa shape index (κ1) is 22.1. The number of carbonyl (C=O) groups is 2. The predicted octanol–water partition coefficient (Wildman–Crippen LogP) is 4.61. The molecule has 0 aliphatic carbocycles. The highest BCUT2D eigenvalue weighted by atomic mass is 32.2. The van der Waals surface area contributed by atoms with Gasteiger partial charge in [-0.15, -0.1) is 0 Å². The molecule has 10 heteroatoms. The van der Waals surface area contributed by atoms with Gasteiger partial charge in [0.05, 0.1) is 28.5 Å². The maximum Gasteiger partial charge on any atom is 0.416 e. The Balaban J connectivity index is 2.10. The summed E-state index contributed by atoms with van der Waals surface area (Å²) in [6, 6.07) is 9.19. The van der Waals surface area contributed by atoms with Crippen molar-refractivity contribution in [1.29, 1.82) is 0 Å². The number of esters is 1. The van der Waals surface area contributed by atoms with Gasteiger partial charge in [0, 0.05) is 17.9 Å². The molecule has 3 aromatic rings. The number of thiazole rings is 1. The van der Waals surface area contributed by atoms with Crippen molar-refractivity contribution in [2.75, 3.05) is 19.1 Å². The second-order valence-electron chi connectivity index (χ2n) is 6.20. The summed E-state index contributed by atoms with van der Waals surface area (Å²) in [5, 5.41) is 0. The van der Waals surface area contributed by atoms with E-state index in [0.717, 1.165) is 28.1 Å². The van der Waals surface area contributed by atoms with Crippen LogP contribution in [0.5, 0.6) is 0 Å². The van der Waals surface area contributed by atoms with E-state index in [4.69, 9.17) is 4.74 Å². The molecule has 0 aliphatic rings. The minimum atomic E-state index is -4.55. The van der Waals surface area contributed by atoms with Crippen molar-refractivity contribution in [3.05, 3.63) is 64.0 Å². The van der Waals surface area contributed by atoms with Gasteiger partial charge in [0.1, 0.15) is 0 Å². The van der Waals surface area contributed by atoms with E-state index < -0.39 is 23.6 Å². The highest BCUT2D eigenvalue weighted by Gasteiger charge is 2.30. The van der Waals surface area contributed by atoms with Crippen molar-refractivity contribution < 1.29 is 27.5 Å². The molecule has 0 unspecified atom stereocenters. The number of fused-ring (bicyclic) bond motifs is 1. The van der Waals surface area contributed by atoms with Gasteiger partial charge in [-0.1, -0.05) is 17.4 Å². The van der Waals surface area contributed by atoms with E-state index in [1.54, 1.807) is 30.0 Å². The molecule has 30 heavy (non-hydrogen) atoms. The number of methoxy groups -OCH3 is 1. The lowest BCUT2D eigenvalue weighted by Gasteiger charge is -2.07. The average Bonchev–Trinajstić information content (AvgIpc) is 3.07. The van der Waals surface area contributed by atoms with E-state index >= 15 is 0 Å². The zero-order chi connectivity index (χ0) is 21.9. The van der Waals surface area contributed by atoms with Gasteiger partial charge in [-0.3, -0.25) is 4.79 Å². The smallest absolute Gasteiger partial charge is 0.416 e. The molecule has 0 aliphatic heterocycles. The molecule has 0 saturated heterocycles. The number of carbonyl (C=O) groups excluding carboxylic acids is 2. The first-order chi connectivity index (χ1) is 14.2. The summed E-state index contributed by atoms with van der Waals surface area (Å²) in [5.41, 5.74) is 0.0862. The van der Waals surface area contributed by atoms with Gasteiger partial charge in [0.15, 0.2) is 4.80 Å². The van der Waals surface area contributed by atoms with Crippen LogP contribution in [-0.2, 0) is 17.5 Å². The van der Waals surface area contributed by atoms with E-state index in [2.05, 4.69) is 4.99 Å². The van der Waals surface area contributed by atoms with Crippen LogP contribution < -0.4 is 4.80 Å². The standard InChI is InChI=1S/C20H17F3N2O3S2/c1-28-18(27)13-6-7-15-16(11-13)30-19(25(15)8-9-29-2)24-17(26)12-4-3-5-14(10-12)20(21,22)23/h3-7,10-11H,8-9H2,1-2H3. The van der Waals surface area contributed by atoms with E-state index in [1.165, 1.54) is 30.6 Å². The summed E-state index contributed by atoms with van der Waals surface area (Å²) in [7, 11) is 1.29. The number of benzene rings is 2. The van der Waals surface area contributed by atoms with Crippen LogP contribution in [-0.4, -0.2) is 35.6 Å². The van der Waals surface area contributed by atoms with Crippen LogP contribution in [0.3, 0.4) is 0 Å². The maximum absolute atomic E-state index is 12.9. The molecule has 2 aromatic carbocycles. The van der Waals surface area contributed by atoms with Gasteiger partial charge in [-0.2, -0.15) is 29.9 Å². The summed E-state index contributed by atoms with van der Waals surface area (Å²) < 4.78 is 46.1. The number of thioether (sulfide) groups is 1. The fourth-order valence-corrected chi connectivity index (χ4v) is 4.24. The predicted molar refractivity (Wildman–Crippen MR) is 111 cm³/mol. The summed E-state index contributed by atoms with van der Waals surface area (Å²) in [4.78, 5) is 28.8. The molecular formula is C20H17F3N2O3S2. The van der Waals surface area contributed by atoms with Gasteiger partial charge < -0.3 is 9.30 Å². The average molecular weight is 454 g/mol. The van der Waals surface area contributed by atoms with Crippen molar-refractivity contribution in [3.8, 4) is 0 Å². The SMILES string of the molecule is COC(=O)c1ccc2c(c1)sc(=NC(=O)c1cccc(C(F)(F)F)c1)n2CCSC. The number of nitrogens with zero attached hydrogens (tertiary/aromatic N) is 2. The Morgan fingerprint density at radius 2 is 1.93 bits per heavy atom. The largest absolute Gasteiger partial charge is 0.465 e. The van der Waals surface area contributed by atoms with Gasteiger partial charge in [-0.25, -0.2) is 4.79 Å². The van der Waals surface area contributed by atoms with Gasteiger partial charge in [-0.05, 0) is 42.7 Å². The van der Waals surface area contributed by atoms with Gasteiger partial charge in [0.2, 0.25) is 0 Å². The van der Waals surface area contributed by atoms with Crippen LogP contribution in [0.15, 0.2) is 47.5 Å². The minimum absolute atomic E-state index is 0.144. The number of aryl methyl sites for hydroxylation is 1. The van der Waals surface area contributed by atoms with E-state index in [0.29, 0.717) is 16.9 Å². The van der Waals surface area contributed by atoms with Crippen LogP contribution >= 0.6 is 23.1 Å². The first-order valence-electron chi connectivity index (χ1n) is 8.71. The van der Waals surface area contributed by atoms with Crippen molar-refractivity contribution in [3.63, 3.8) is 0 Å². The van der Waals surface area contributed by atoms with Gasteiger partial charge in [0.25, 0.3) is 5.91 Å². The molecule has 0 bridgehead atoms. The number of ether oxygens (including phenoxy) is 1. The Hall–Kier alpha value is -2.59. The molecule has 5 nitrogen and oxygen atoms in total. The lowest BCUT2D eigenvalue weighted by molar-refractivity contribution is -0.137. The summed E-state index contributed by atoms with van der Waals surface area (Å²) in [5.74, 6) is -0.506. The van der Waals surface area contributed by atoms with E-state index in [1.807, 2.05) is 10.8 Å². The van der Waals surface area contributed by atoms with Crippen LogP contribution in [0.2, 0.25) is 0 Å². The quantitative estimate of drug-likeness (QED) is 0.528. The highest BCUT2D eigenvalue weighted by Crippen LogP contribution is 2.29. The lowest BCUT2D eigenvalue weighted by atomic mass is 10.1. The normalized spacial score (nSPS) is 12.4. The fourth-order valence-electron chi connectivity index (χ4n) is 2.78. The minimum Gasteiger partial charge on any atom is -0.465 e. The molecule has 0 N–H and O–H groups in total. The van der Waals surface area contributed by atoms with Crippen LogP contribution in [0.4, 0.5) is 13.2 Å².